The molecule has 1 aromatic heterocycles. The lowest BCUT2D eigenvalue weighted by Gasteiger charge is -2.15. The highest BCUT2D eigenvalue weighted by molar-refractivity contribution is 5.81. The van der Waals surface area contributed by atoms with Crippen LogP contribution in [0.15, 0.2) is 18.2 Å². The number of rotatable bonds is 1. The van der Waals surface area contributed by atoms with E-state index in [0.29, 0.717) is 0 Å². The molecule has 2 nitrogen and oxygen atoms in total. The summed E-state index contributed by atoms with van der Waals surface area (Å²) in [6.07, 6.45) is 0. The standard InChI is InChI=1S/C13H16NO/c1-13(2,3)12-8-9-7-10(15-4)5-6-11(9)14-12/h5-7,14H,1-4H3. The molecule has 2 rings (SSSR count). The number of benzene rings is 1. The molecule has 2 aromatic rings. The zero-order valence-corrected chi connectivity index (χ0v) is 9.64. The summed E-state index contributed by atoms with van der Waals surface area (Å²) in [4.78, 5) is 3.38. The molecular weight excluding hydrogens is 186 g/mol. The van der Waals surface area contributed by atoms with Crippen LogP contribution in [0.4, 0.5) is 0 Å². The Kier molecular flexibility index (Phi) is 2.22. The van der Waals surface area contributed by atoms with Crippen molar-refractivity contribution in [3.8, 4) is 5.75 Å². The maximum atomic E-state index is 5.18. The Bertz CT molecular complexity index is 477. The van der Waals surface area contributed by atoms with Gasteiger partial charge in [-0.05, 0) is 18.2 Å². The van der Waals surface area contributed by atoms with Crippen molar-refractivity contribution in [2.75, 3.05) is 7.11 Å². The van der Waals surface area contributed by atoms with Gasteiger partial charge in [-0.1, -0.05) is 20.8 Å². The van der Waals surface area contributed by atoms with Gasteiger partial charge in [0.1, 0.15) is 5.75 Å². The summed E-state index contributed by atoms with van der Waals surface area (Å²) in [5.74, 6) is 0.873. The average molecular weight is 202 g/mol. The number of aromatic amines is 1. The van der Waals surface area contributed by atoms with Crippen LogP contribution in [0.5, 0.6) is 5.75 Å². The Morgan fingerprint density at radius 1 is 1.27 bits per heavy atom. The fourth-order valence-corrected chi connectivity index (χ4v) is 1.54. The Hall–Kier alpha value is -1.44. The van der Waals surface area contributed by atoms with Crippen molar-refractivity contribution in [2.45, 2.75) is 26.2 Å². The first-order valence-electron chi connectivity index (χ1n) is 5.10. The highest BCUT2D eigenvalue weighted by Crippen LogP contribution is 2.27. The number of nitrogens with one attached hydrogen (secondary N) is 1. The molecule has 0 unspecified atom stereocenters. The first-order valence-corrected chi connectivity index (χ1v) is 5.10. The summed E-state index contributed by atoms with van der Waals surface area (Å²) in [5.41, 5.74) is 2.35. The molecule has 1 aromatic carbocycles. The van der Waals surface area contributed by atoms with Gasteiger partial charge in [0.2, 0.25) is 0 Å². The Labute approximate surface area is 90.3 Å². The third kappa shape index (κ3) is 1.84. The molecule has 0 amide bonds. The van der Waals surface area contributed by atoms with Gasteiger partial charge in [-0.15, -0.1) is 0 Å². The molecule has 0 saturated heterocycles. The summed E-state index contributed by atoms with van der Waals surface area (Å²) in [6, 6.07) is 9.36. The second-order valence-corrected chi connectivity index (χ2v) is 4.79. The molecule has 1 radical (unpaired) electrons. The number of H-pyrrole nitrogens is 1. The minimum Gasteiger partial charge on any atom is -0.497 e. The van der Waals surface area contributed by atoms with E-state index in [0.717, 1.165) is 22.3 Å². The van der Waals surface area contributed by atoms with Crippen molar-refractivity contribution >= 4 is 10.9 Å². The van der Waals surface area contributed by atoms with E-state index in [1.54, 1.807) is 7.11 Å². The van der Waals surface area contributed by atoms with E-state index in [-0.39, 0.29) is 5.41 Å². The molecule has 0 aliphatic heterocycles. The van der Waals surface area contributed by atoms with E-state index in [9.17, 15) is 0 Å². The van der Waals surface area contributed by atoms with E-state index in [4.69, 9.17) is 4.74 Å². The van der Waals surface area contributed by atoms with Crippen LogP contribution in [0, 0.1) is 6.07 Å². The van der Waals surface area contributed by atoms with Gasteiger partial charge >= 0.3 is 0 Å². The number of hydrogen-bond acceptors (Lipinski definition) is 1. The topological polar surface area (TPSA) is 25.0 Å². The predicted molar refractivity (Wildman–Crippen MR) is 62.4 cm³/mol. The second kappa shape index (κ2) is 3.30. The molecule has 0 atom stereocenters. The smallest absolute Gasteiger partial charge is 0.119 e. The van der Waals surface area contributed by atoms with Crippen LogP contribution in [0.25, 0.3) is 10.9 Å². The molecule has 0 spiro atoms. The zero-order chi connectivity index (χ0) is 11.1. The van der Waals surface area contributed by atoms with Crippen molar-refractivity contribution in [3.63, 3.8) is 0 Å². The van der Waals surface area contributed by atoms with E-state index in [1.807, 2.05) is 18.2 Å². The van der Waals surface area contributed by atoms with E-state index in [2.05, 4.69) is 31.8 Å². The van der Waals surface area contributed by atoms with Crippen LogP contribution >= 0.6 is 0 Å². The maximum absolute atomic E-state index is 5.18. The molecule has 15 heavy (non-hydrogen) atoms. The van der Waals surface area contributed by atoms with Crippen LogP contribution in [0.3, 0.4) is 0 Å². The Morgan fingerprint density at radius 2 is 2.00 bits per heavy atom. The van der Waals surface area contributed by atoms with Crippen molar-refractivity contribution in [2.24, 2.45) is 0 Å². The number of fused-ring (bicyclic) bond motifs is 1. The quantitative estimate of drug-likeness (QED) is 0.754. The van der Waals surface area contributed by atoms with E-state index >= 15 is 0 Å². The molecule has 0 aliphatic rings. The number of ether oxygens (including phenoxy) is 1. The van der Waals surface area contributed by atoms with E-state index < -0.39 is 0 Å². The summed E-state index contributed by atoms with van der Waals surface area (Å²) >= 11 is 0. The molecule has 79 valence electrons. The highest BCUT2D eigenvalue weighted by atomic mass is 16.5. The van der Waals surface area contributed by atoms with Crippen molar-refractivity contribution in [1.29, 1.82) is 0 Å². The first kappa shape index (κ1) is 10.1. The van der Waals surface area contributed by atoms with Crippen molar-refractivity contribution < 1.29 is 4.74 Å². The molecule has 0 bridgehead atoms. The van der Waals surface area contributed by atoms with Crippen LogP contribution < -0.4 is 4.74 Å². The van der Waals surface area contributed by atoms with Crippen molar-refractivity contribution in [1.82, 2.24) is 4.98 Å². The zero-order valence-electron chi connectivity index (χ0n) is 9.64. The van der Waals surface area contributed by atoms with Gasteiger partial charge in [0, 0.05) is 28.1 Å². The fourth-order valence-electron chi connectivity index (χ4n) is 1.54. The molecule has 2 heteroatoms. The SMILES string of the molecule is COc1ccc2[nH]c(C(C)(C)C)[c]c2c1. The molecule has 0 saturated carbocycles. The van der Waals surface area contributed by atoms with Gasteiger partial charge in [-0.2, -0.15) is 0 Å². The fraction of sp³-hybridized carbons (Fsp3) is 0.385. The van der Waals surface area contributed by atoms with Gasteiger partial charge in [-0.25, -0.2) is 0 Å². The van der Waals surface area contributed by atoms with Gasteiger partial charge in [0.25, 0.3) is 0 Å². The minimum absolute atomic E-state index is 0.103. The van der Waals surface area contributed by atoms with E-state index in [1.165, 1.54) is 0 Å². The minimum atomic E-state index is 0.103. The molecule has 0 aliphatic carbocycles. The van der Waals surface area contributed by atoms with Crippen LogP contribution in [-0.4, -0.2) is 12.1 Å². The van der Waals surface area contributed by atoms with Crippen LogP contribution in [0.1, 0.15) is 26.5 Å². The molecular formula is C13H16NO. The summed E-state index contributed by atoms with van der Waals surface area (Å²) in [7, 11) is 1.68. The number of aromatic nitrogens is 1. The summed E-state index contributed by atoms with van der Waals surface area (Å²) < 4.78 is 5.18. The van der Waals surface area contributed by atoms with Crippen molar-refractivity contribution in [3.05, 3.63) is 30.0 Å². The number of hydrogen-bond donors (Lipinski definition) is 1. The summed E-state index contributed by atoms with van der Waals surface area (Å²) in [5, 5.41) is 1.08. The largest absolute Gasteiger partial charge is 0.497 e. The van der Waals surface area contributed by atoms with Gasteiger partial charge < -0.3 is 9.72 Å². The lowest BCUT2D eigenvalue weighted by molar-refractivity contribution is 0.415. The third-order valence-corrected chi connectivity index (χ3v) is 2.50. The molecule has 1 heterocycles. The van der Waals surface area contributed by atoms with Gasteiger partial charge in [0.15, 0.2) is 0 Å². The summed E-state index contributed by atoms with van der Waals surface area (Å²) in [6.45, 7) is 6.52. The lowest BCUT2D eigenvalue weighted by Crippen LogP contribution is -2.11. The van der Waals surface area contributed by atoms with Crippen LogP contribution in [-0.2, 0) is 5.41 Å². The molecule has 1 N–H and O–H groups in total. The van der Waals surface area contributed by atoms with Crippen LogP contribution in [0.2, 0.25) is 0 Å². The highest BCUT2D eigenvalue weighted by Gasteiger charge is 2.16. The number of methoxy groups -OCH3 is 1. The first-order chi connectivity index (χ1) is 7.00. The average Bonchev–Trinajstić information content (AvgIpc) is 2.59. The third-order valence-electron chi connectivity index (χ3n) is 2.50. The predicted octanol–water partition coefficient (Wildman–Crippen LogP) is 3.27. The lowest BCUT2D eigenvalue weighted by atomic mass is 9.92. The van der Waals surface area contributed by atoms with Gasteiger partial charge in [0.05, 0.1) is 7.11 Å². The Morgan fingerprint density at radius 3 is 2.60 bits per heavy atom. The molecule has 0 fully saturated rings. The monoisotopic (exact) mass is 202 g/mol. The second-order valence-electron chi connectivity index (χ2n) is 4.79. The maximum Gasteiger partial charge on any atom is 0.119 e. The Balaban J connectivity index is 2.56. The normalized spacial score (nSPS) is 12.0. The van der Waals surface area contributed by atoms with Gasteiger partial charge in [-0.3, -0.25) is 0 Å².